The van der Waals surface area contributed by atoms with Crippen molar-refractivity contribution in [3.05, 3.63) is 17.7 Å². The van der Waals surface area contributed by atoms with E-state index in [-0.39, 0.29) is 6.10 Å². The van der Waals surface area contributed by atoms with Gasteiger partial charge in [0.05, 0.1) is 6.61 Å². The van der Waals surface area contributed by atoms with Crippen molar-refractivity contribution in [2.24, 2.45) is 4.99 Å². The number of nitrogens with zero attached hydrogens (tertiary/aromatic N) is 1. The van der Waals surface area contributed by atoms with E-state index in [9.17, 15) is 0 Å². The third kappa shape index (κ3) is 4.15. The van der Waals surface area contributed by atoms with Crippen LogP contribution in [0.2, 0.25) is 0 Å². The number of ether oxygens (including phenoxy) is 3. The van der Waals surface area contributed by atoms with E-state index in [1.165, 1.54) is 5.56 Å². The second kappa shape index (κ2) is 8.49. The van der Waals surface area contributed by atoms with Crippen molar-refractivity contribution >= 4 is 5.96 Å². The van der Waals surface area contributed by atoms with Crippen LogP contribution in [0.3, 0.4) is 0 Å². The molecule has 3 heterocycles. The van der Waals surface area contributed by atoms with Crippen LogP contribution in [0.4, 0.5) is 0 Å². The first-order chi connectivity index (χ1) is 12.9. The molecule has 0 radical (unpaired) electrons. The Bertz CT molecular complexity index is 650. The summed E-state index contributed by atoms with van der Waals surface area (Å²) in [5.41, 5.74) is 1.22. The number of fused-ring (bicyclic) bond motifs is 3. The van der Waals surface area contributed by atoms with Crippen LogP contribution < -0.4 is 30.2 Å². The second-order valence-electron chi connectivity index (χ2n) is 6.88. The van der Waals surface area contributed by atoms with Gasteiger partial charge in [-0.1, -0.05) is 6.07 Å². The van der Waals surface area contributed by atoms with Crippen molar-refractivity contribution in [3.8, 4) is 17.2 Å². The van der Waals surface area contributed by atoms with E-state index in [1.807, 2.05) is 6.07 Å². The number of aliphatic imine (C=N–C) groups is 1. The minimum Gasteiger partial charge on any atom is -0.489 e. The molecule has 0 amide bonds. The molecule has 0 aromatic heterocycles. The van der Waals surface area contributed by atoms with Crippen LogP contribution in [0.1, 0.15) is 24.8 Å². The smallest absolute Gasteiger partial charge is 0.204 e. The van der Waals surface area contributed by atoms with Gasteiger partial charge in [-0.3, -0.25) is 4.99 Å². The largest absolute Gasteiger partial charge is 0.489 e. The van der Waals surface area contributed by atoms with Gasteiger partial charge in [0.1, 0.15) is 12.7 Å². The first kappa shape index (κ1) is 17.3. The van der Waals surface area contributed by atoms with Crippen molar-refractivity contribution in [1.82, 2.24) is 16.0 Å². The Balaban J connectivity index is 1.17. The van der Waals surface area contributed by atoms with Gasteiger partial charge >= 0.3 is 0 Å². The van der Waals surface area contributed by atoms with Crippen molar-refractivity contribution in [3.63, 3.8) is 0 Å². The van der Waals surface area contributed by atoms with Crippen LogP contribution in [0.15, 0.2) is 17.1 Å². The zero-order valence-corrected chi connectivity index (χ0v) is 15.2. The Labute approximate surface area is 154 Å². The van der Waals surface area contributed by atoms with Crippen molar-refractivity contribution in [2.45, 2.75) is 31.8 Å². The Hall–Kier alpha value is -2.15. The normalized spacial score (nSPS) is 21.1. The first-order valence-electron chi connectivity index (χ1n) is 9.71. The van der Waals surface area contributed by atoms with Gasteiger partial charge < -0.3 is 30.2 Å². The zero-order chi connectivity index (χ0) is 17.6. The minimum absolute atomic E-state index is 0.0292. The predicted octanol–water partition coefficient (Wildman–Crippen LogP) is 1.07. The number of benzene rings is 1. The summed E-state index contributed by atoms with van der Waals surface area (Å²) in [7, 11) is 0. The van der Waals surface area contributed by atoms with E-state index in [1.54, 1.807) is 0 Å². The molecule has 0 spiro atoms. The average molecular weight is 360 g/mol. The van der Waals surface area contributed by atoms with Gasteiger partial charge in [0.25, 0.3) is 0 Å². The predicted molar refractivity (Wildman–Crippen MR) is 101 cm³/mol. The molecule has 0 fully saturated rings. The molecule has 0 saturated heterocycles. The monoisotopic (exact) mass is 360 g/mol. The van der Waals surface area contributed by atoms with E-state index in [0.717, 1.165) is 88.2 Å². The summed E-state index contributed by atoms with van der Waals surface area (Å²) < 4.78 is 17.8. The van der Waals surface area contributed by atoms with Gasteiger partial charge in [-0.25, -0.2) is 0 Å². The molecule has 1 atom stereocenters. The van der Waals surface area contributed by atoms with Crippen LogP contribution in [0.25, 0.3) is 0 Å². The molecule has 1 unspecified atom stereocenters. The lowest BCUT2D eigenvalue weighted by molar-refractivity contribution is 0.0852. The molecule has 0 saturated carbocycles. The topological polar surface area (TPSA) is 76.1 Å². The molecule has 0 bridgehead atoms. The molecule has 26 heavy (non-hydrogen) atoms. The lowest BCUT2D eigenvalue weighted by Crippen LogP contribution is -2.42. The summed E-state index contributed by atoms with van der Waals surface area (Å²) in [5.74, 6) is 3.39. The molecule has 4 rings (SSSR count). The number of aryl methyl sites for hydroxylation is 1. The lowest BCUT2D eigenvalue weighted by Gasteiger charge is -2.30. The summed E-state index contributed by atoms with van der Waals surface area (Å²) in [4.78, 5) is 4.40. The second-order valence-corrected chi connectivity index (χ2v) is 6.88. The third-order valence-corrected chi connectivity index (χ3v) is 4.79. The molecule has 3 aliphatic heterocycles. The van der Waals surface area contributed by atoms with E-state index in [4.69, 9.17) is 14.2 Å². The van der Waals surface area contributed by atoms with Gasteiger partial charge in [0, 0.05) is 26.2 Å². The van der Waals surface area contributed by atoms with Crippen LogP contribution in [0, 0.1) is 0 Å². The van der Waals surface area contributed by atoms with E-state index in [0.29, 0.717) is 6.61 Å². The summed E-state index contributed by atoms with van der Waals surface area (Å²) >= 11 is 0. The highest BCUT2D eigenvalue weighted by Gasteiger charge is 2.27. The molecular weight excluding hydrogens is 332 g/mol. The highest BCUT2D eigenvalue weighted by molar-refractivity contribution is 5.80. The Morgan fingerprint density at radius 2 is 2.15 bits per heavy atom. The fourth-order valence-corrected chi connectivity index (χ4v) is 3.43. The molecule has 7 heteroatoms. The van der Waals surface area contributed by atoms with Gasteiger partial charge in [-0.15, -0.1) is 0 Å². The standard InChI is InChI=1S/C19H28N4O3/c1-4-14-5-6-16-18(17(14)24-11-1)25-13-15(26-16)12-20-7-2-8-21-19-22-9-3-10-23-19/h5-6,15,20H,1-4,7-13H2,(H2,21,22,23). The van der Waals surface area contributed by atoms with Gasteiger partial charge in [0.2, 0.25) is 5.75 Å². The maximum absolute atomic E-state index is 6.09. The molecule has 3 N–H and O–H groups in total. The highest BCUT2D eigenvalue weighted by Crippen LogP contribution is 2.44. The third-order valence-electron chi connectivity index (χ3n) is 4.79. The molecule has 1 aromatic carbocycles. The molecule has 7 nitrogen and oxygen atoms in total. The summed E-state index contributed by atoms with van der Waals surface area (Å²) in [6.07, 6.45) is 4.30. The molecule has 0 aliphatic carbocycles. The molecule has 1 aromatic rings. The number of guanidine groups is 1. The van der Waals surface area contributed by atoms with Gasteiger partial charge in [0.15, 0.2) is 17.5 Å². The lowest BCUT2D eigenvalue weighted by atomic mass is 10.1. The van der Waals surface area contributed by atoms with Crippen molar-refractivity contribution in [1.29, 1.82) is 0 Å². The Morgan fingerprint density at radius 3 is 3.08 bits per heavy atom. The molecule has 142 valence electrons. The minimum atomic E-state index is 0.0292. The maximum Gasteiger partial charge on any atom is 0.204 e. The summed E-state index contributed by atoms with van der Waals surface area (Å²) in [5, 5.41) is 10.0. The van der Waals surface area contributed by atoms with Crippen molar-refractivity contribution < 1.29 is 14.2 Å². The van der Waals surface area contributed by atoms with E-state index >= 15 is 0 Å². The summed E-state index contributed by atoms with van der Waals surface area (Å²) in [6.45, 7) is 5.86. The first-order valence-corrected chi connectivity index (χ1v) is 9.71. The quantitative estimate of drug-likeness (QED) is 0.659. The van der Waals surface area contributed by atoms with Crippen molar-refractivity contribution in [2.75, 3.05) is 45.9 Å². The molecule has 3 aliphatic rings. The number of nitrogens with one attached hydrogen (secondary N) is 3. The van der Waals surface area contributed by atoms with E-state index in [2.05, 4.69) is 27.0 Å². The Morgan fingerprint density at radius 1 is 1.15 bits per heavy atom. The average Bonchev–Trinajstić information content (AvgIpc) is 2.71. The molecular formula is C19H28N4O3. The van der Waals surface area contributed by atoms with Gasteiger partial charge in [-0.05, 0) is 43.9 Å². The fourth-order valence-electron chi connectivity index (χ4n) is 3.43. The maximum atomic E-state index is 6.09. The highest BCUT2D eigenvalue weighted by atomic mass is 16.6. The number of hydrogen-bond donors (Lipinski definition) is 3. The Kier molecular flexibility index (Phi) is 5.64. The van der Waals surface area contributed by atoms with Gasteiger partial charge in [-0.2, -0.15) is 0 Å². The zero-order valence-electron chi connectivity index (χ0n) is 15.2. The number of rotatable bonds is 6. The van der Waals surface area contributed by atoms with Crippen LogP contribution in [-0.4, -0.2) is 58.0 Å². The SMILES string of the molecule is c1cc2c(c3c1CCCO3)OCC(CNCCCNC1=NCCCN1)O2. The van der Waals surface area contributed by atoms with E-state index < -0.39 is 0 Å². The summed E-state index contributed by atoms with van der Waals surface area (Å²) in [6, 6.07) is 4.11. The fraction of sp³-hybridized carbons (Fsp3) is 0.632. The van der Waals surface area contributed by atoms with Crippen LogP contribution in [-0.2, 0) is 6.42 Å². The van der Waals surface area contributed by atoms with Crippen LogP contribution in [0.5, 0.6) is 17.2 Å². The number of hydrogen-bond acceptors (Lipinski definition) is 7. The van der Waals surface area contributed by atoms with Crippen LogP contribution >= 0.6 is 0 Å².